The van der Waals surface area contributed by atoms with E-state index in [2.05, 4.69) is 112 Å². The molecule has 0 radical (unpaired) electrons. The van der Waals surface area contributed by atoms with Crippen molar-refractivity contribution < 1.29 is 1.78 Å². The topological polar surface area (TPSA) is 31.4 Å². The van der Waals surface area contributed by atoms with Gasteiger partial charge >= 0.3 is 214 Å². The molecule has 32 heavy (non-hydrogen) atoms. The fourth-order valence-electron chi connectivity index (χ4n) is 3.94. The summed E-state index contributed by atoms with van der Waals surface area (Å²) in [5, 5.41) is 0. The predicted octanol–water partition coefficient (Wildman–Crippen LogP) is 1.07. The van der Waals surface area contributed by atoms with Crippen molar-refractivity contribution in [3.63, 3.8) is 0 Å². The van der Waals surface area contributed by atoms with Crippen LogP contribution in [0.4, 0.5) is 0 Å². The zero-order valence-corrected chi connectivity index (χ0v) is 27.7. The Kier molecular flexibility index (Phi) is 10.0. The fourth-order valence-corrected chi connectivity index (χ4v) is 33.0. The summed E-state index contributed by atoms with van der Waals surface area (Å²) < 4.78 is 16.7. The van der Waals surface area contributed by atoms with Crippen LogP contribution < -0.4 is 6.54 Å². The fraction of sp³-hybridized carbons (Fsp3) is 0.500. The van der Waals surface area contributed by atoms with E-state index in [-0.39, 0.29) is 0 Å². The molecule has 176 valence electrons. The van der Waals surface area contributed by atoms with Crippen molar-refractivity contribution in [1.29, 1.82) is 0 Å². The van der Waals surface area contributed by atoms with Crippen LogP contribution in [0.15, 0.2) is 36.4 Å². The monoisotopic (exact) mass is 832 g/mol. The van der Waals surface area contributed by atoms with Gasteiger partial charge in [0, 0.05) is 0 Å². The maximum atomic E-state index is 6.91. The van der Waals surface area contributed by atoms with E-state index < -0.39 is 45.3 Å². The Bertz CT molecular complexity index is 772. The van der Waals surface area contributed by atoms with Gasteiger partial charge in [-0.2, -0.15) is 0 Å². The van der Waals surface area contributed by atoms with Crippen LogP contribution in [0.25, 0.3) is 0 Å². The number of hydrogen-bond acceptors (Lipinski definition) is 6. The molecule has 1 aliphatic heterocycles. The third-order valence-corrected chi connectivity index (χ3v) is 34.9. The van der Waals surface area contributed by atoms with E-state index in [1.54, 1.807) is 0 Å². The van der Waals surface area contributed by atoms with Crippen molar-refractivity contribution >= 4 is 51.8 Å². The van der Waals surface area contributed by atoms with Crippen molar-refractivity contribution in [3.8, 4) is 0 Å². The van der Waals surface area contributed by atoms with E-state index in [4.69, 9.17) is 1.78 Å². The Balaban J connectivity index is 1.92. The van der Waals surface area contributed by atoms with E-state index >= 15 is 0 Å². The van der Waals surface area contributed by atoms with Gasteiger partial charge in [0.15, 0.2) is 0 Å². The number of benzene rings is 2. The number of rotatable bonds is 10. The summed E-state index contributed by atoms with van der Waals surface area (Å²) in [6.45, 7) is 3.71. The second-order valence-electron chi connectivity index (χ2n) is 9.48. The molecule has 0 aliphatic carbocycles. The molecule has 6 nitrogen and oxygen atoms in total. The molecule has 0 saturated carbocycles. The summed E-state index contributed by atoms with van der Waals surface area (Å²) in [5.74, 6) is 0. The van der Waals surface area contributed by atoms with Crippen molar-refractivity contribution in [2.24, 2.45) is 0 Å². The summed E-state index contributed by atoms with van der Waals surface area (Å²) in [6.07, 6.45) is 0. The molecule has 0 amide bonds. The van der Waals surface area contributed by atoms with Crippen molar-refractivity contribution in [3.05, 3.63) is 58.7 Å². The minimum atomic E-state index is -2.65. The molecule has 0 bridgehead atoms. The zero-order chi connectivity index (χ0) is 23.4. The average Bonchev–Trinajstić information content (AvgIpc) is 2.62. The predicted molar refractivity (Wildman–Crippen MR) is 135 cm³/mol. The minimum absolute atomic E-state index is 0.928. The Morgan fingerprint density at radius 1 is 0.500 bits per heavy atom. The molecular weight excluding hydrogens is 794 g/mol. The normalized spacial score (nSPS) is 15.4. The molecule has 1 heterocycles. The van der Waals surface area contributed by atoms with Gasteiger partial charge in [-0.25, -0.2) is 0 Å². The first-order valence-corrected chi connectivity index (χ1v) is 20.1. The molecule has 0 spiro atoms. The Hall–Kier alpha value is -0.0338. The molecule has 2 aromatic rings. The standard InChI is InChI=1S/2C12H19N2.2Bi.2O/c2*1-13(2)9-11-6-5-7-12(8-11)10-14(3)4;;;;/h2*5-7H,9-10H2,1-4H3;;;;. The molecule has 8 heteroatoms. The molecule has 0 aromatic heterocycles. The summed E-state index contributed by atoms with van der Waals surface area (Å²) in [4.78, 5) is 8.96. The average molecular weight is 833 g/mol. The van der Waals surface area contributed by atoms with Crippen molar-refractivity contribution in [2.45, 2.75) is 26.2 Å². The second-order valence-corrected chi connectivity index (χ2v) is 29.4. The van der Waals surface area contributed by atoms with Gasteiger partial charge in [0.1, 0.15) is 0 Å². The Morgan fingerprint density at radius 2 is 0.750 bits per heavy atom. The van der Waals surface area contributed by atoms with Gasteiger partial charge in [0.25, 0.3) is 0 Å². The third kappa shape index (κ3) is 6.99. The van der Waals surface area contributed by atoms with E-state index in [9.17, 15) is 0 Å². The van der Waals surface area contributed by atoms with Crippen LogP contribution in [0.1, 0.15) is 22.3 Å². The van der Waals surface area contributed by atoms with Crippen LogP contribution >= 0.6 is 0 Å². The van der Waals surface area contributed by atoms with Gasteiger partial charge in [0.05, 0.1) is 0 Å². The van der Waals surface area contributed by atoms with E-state index in [1.165, 1.54) is 28.8 Å². The van der Waals surface area contributed by atoms with Crippen LogP contribution in [0.3, 0.4) is 0 Å². The first-order chi connectivity index (χ1) is 15.2. The van der Waals surface area contributed by atoms with E-state index in [0.717, 1.165) is 26.2 Å². The van der Waals surface area contributed by atoms with Crippen LogP contribution in [0, 0.1) is 0 Å². The Morgan fingerprint density at radius 3 is 0.969 bits per heavy atom. The molecular formula is C24H38Bi2N4O2. The molecule has 0 N–H and O–H groups in total. The second kappa shape index (κ2) is 12.1. The maximum absolute atomic E-state index is 6.91. The summed E-state index contributed by atoms with van der Waals surface area (Å²) in [7, 11) is 17.1. The molecule has 3 rings (SSSR count). The molecule has 0 atom stereocenters. The van der Waals surface area contributed by atoms with Gasteiger partial charge in [0.2, 0.25) is 0 Å². The van der Waals surface area contributed by atoms with Gasteiger partial charge in [-0.1, -0.05) is 0 Å². The SMILES string of the molecule is CN(C)Cc1cccc(CN(C)C)[c]1[Bi]1[O][Bi]([c]2c(CN(C)C)cccc2CN(C)C)[O]1. The summed E-state index contributed by atoms with van der Waals surface area (Å²) in [6, 6.07) is 13.4. The summed E-state index contributed by atoms with van der Waals surface area (Å²) in [5.41, 5.74) is 5.52. The van der Waals surface area contributed by atoms with Crippen LogP contribution in [0.5, 0.6) is 0 Å². The van der Waals surface area contributed by atoms with Gasteiger partial charge in [-0.15, -0.1) is 0 Å². The number of nitrogens with zero attached hydrogens (tertiary/aromatic N) is 4. The Labute approximate surface area is 212 Å². The van der Waals surface area contributed by atoms with E-state index in [1.807, 2.05) is 0 Å². The first-order valence-electron chi connectivity index (χ1n) is 10.9. The third-order valence-electron chi connectivity index (χ3n) is 5.01. The van der Waals surface area contributed by atoms with E-state index in [0.29, 0.717) is 0 Å². The van der Waals surface area contributed by atoms with Crippen LogP contribution in [-0.2, 0) is 28.0 Å². The molecule has 2 aromatic carbocycles. The van der Waals surface area contributed by atoms with Crippen molar-refractivity contribution in [1.82, 2.24) is 19.6 Å². The molecule has 1 aliphatic rings. The summed E-state index contributed by atoms with van der Waals surface area (Å²) >= 11 is -5.30. The zero-order valence-electron chi connectivity index (χ0n) is 20.8. The van der Waals surface area contributed by atoms with Crippen LogP contribution in [0.2, 0.25) is 0 Å². The first kappa shape index (κ1) is 26.6. The van der Waals surface area contributed by atoms with Gasteiger partial charge in [-0.3, -0.25) is 0 Å². The van der Waals surface area contributed by atoms with Crippen LogP contribution in [-0.4, -0.2) is 121 Å². The quantitative estimate of drug-likeness (QED) is 0.334. The van der Waals surface area contributed by atoms with Gasteiger partial charge in [-0.05, 0) is 0 Å². The molecule has 1 fully saturated rings. The number of hydrogen-bond donors (Lipinski definition) is 0. The van der Waals surface area contributed by atoms with Crippen molar-refractivity contribution in [2.75, 3.05) is 56.4 Å². The molecule has 0 unspecified atom stereocenters. The molecule has 1 saturated heterocycles. The van der Waals surface area contributed by atoms with Gasteiger partial charge < -0.3 is 0 Å².